The highest BCUT2D eigenvalue weighted by molar-refractivity contribution is 6.00. The molecule has 0 bridgehead atoms. The molecule has 1 aliphatic heterocycles. The van der Waals surface area contributed by atoms with Crippen LogP contribution in [0.15, 0.2) is 30.5 Å². The van der Waals surface area contributed by atoms with E-state index in [2.05, 4.69) is 25.9 Å². The SMILES string of the molecule is CCn1nccc1C(=O)N[C@H](C(=O)Nc1ccc(C[C@@H](NC(=O)C2(F)CC2)C(O)N2CCN(C)CC2)cc1F)C1CCCCCC1. The minimum absolute atomic E-state index is 0.0406. The molecule has 4 N–H and O–H groups in total. The maximum atomic E-state index is 15.5. The number of rotatable bonds is 12. The molecule has 0 spiro atoms. The summed E-state index contributed by atoms with van der Waals surface area (Å²) in [4.78, 5) is 43.5. The number of hydrogen-bond donors (Lipinski definition) is 4. The van der Waals surface area contributed by atoms with E-state index in [0.29, 0.717) is 30.9 Å². The molecular formula is C33H47F2N7O4. The van der Waals surface area contributed by atoms with Gasteiger partial charge in [0.2, 0.25) is 5.91 Å². The first-order chi connectivity index (χ1) is 22.1. The fourth-order valence-electron chi connectivity index (χ4n) is 6.49. The summed E-state index contributed by atoms with van der Waals surface area (Å²) in [5.74, 6) is -2.46. The van der Waals surface area contributed by atoms with E-state index in [1.807, 2.05) is 18.9 Å². The molecule has 46 heavy (non-hydrogen) atoms. The number of aliphatic hydroxyl groups excluding tert-OH is 1. The molecule has 2 saturated carbocycles. The Balaban J connectivity index is 1.30. The Bertz CT molecular complexity index is 1370. The largest absolute Gasteiger partial charge is 0.376 e. The summed E-state index contributed by atoms with van der Waals surface area (Å²) in [7, 11) is 1.99. The topological polar surface area (TPSA) is 132 Å². The highest BCUT2D eigenvalue weighted by Gasteiger charge is 2.51. The van der Waals surface area contributed by atoms with Crippen LogP contribution < -0.4 is 16.0 Å². The number of likely N-dealkylation sites (N-methyl/N-ethyl adjacent to an activating group) is 1. The van der Waals surface area contributed by atoms with E-state index >= 15 is 4.39 Å². The van der Waals surface area contributed by atoms with Gasteiger partial charge in [0.1, 0.15) is 23.8 Å². The molecule has 13 heteroatoms. The van der Waals surface area contributed by atoms with Crippen LogP contribution >= 0.6 is 0 Å². The van der Waals surface area contributed by atoms with Crippen LogP contribution in [-0.4, -0.2) is 99.6 Å². The van der Waals surface area contributed by atoms with Gasteiger partial charge in [-0.25, -0.2) is 8.78 Å². The van der Waals surface area contributed by atoms with E-state index in [9.17, 15) is 23.9 Å². The van der Waals surface area contributed by atoms with Crippen molar-refractivity contribution in [2.45, 2.75) is 95.2 Å². The number of alkyl halides is 1. The lowest BCUT2D eigenvalue weighted by Gasteiger charge is -2.39. The molecule has 1 aromatic carbocycles. The molecule has 1 aromatic heterocycles. The zero-order valence-corrected chi connectivity index (χ0v) is 26.8. The molecule has 2 heterocycles. The number of carbonyl (C=O) groups is 3. The molecule has 3 aliphatic rings. The van der Waals surface area contributed by atoms with Crippen LogP contribution in [-0.2, 0) is 22.6 Å². The van der Waals surface area contributed by atoms with Crippen LogP contribution in [0.5, 0.6) is 0 Å². The summed E-state index contributed by atoms with van der Waals surface area (Å²) >= 11 is 0. The first kappa shape index (κ1) is 33.9. The van der Waals surface area contributed by atoms with Crippen molar-refractivity contribution >= 4 is 23.4 Å². The number of aliphatic hydroxyl groups is 1. The van der Waals surface area contributed by atoms with Crippen LogP contribution in [0.1, 0.15) is 74.3 Å². The predicted molar refractivity (Wildman–Crippen MR) is 169 cm³/mol. The standard InChI is InChI=1S/C33H47F2N7O4/c1-3-42-27(12-15-36-42)29(43)39-28(23-8-6-4-5-7-9-23)30(44)37-25-11-10-22(20-24(25)34)21-26(38-32(46)33(35)13-14-33)31(45)41-18-16-40(2)17-19-41/h10-12,15,20,23,26,28,31,45H,3-9,13-14,16-19,21H2,1-2H3,(H,37,44)(H,38,46)(H,39,43)/t26-,28+,31?/m1/s1. The minimum atomic E-state index is -1.92. The van der Waals surface area contributed by atoms with Crippen LogP contribution in [0.25, 0.3) is 0 Å². The predicted octanol–water partition coefficient (Wildman–Crippen LogP) is 2.84. The van der Waals surface area contributed by atoms with Gasteiger partial charge in [-0.2, -0.15) is 5.10 Å². The molecule has 0 radical (unpaired) electrons. The first-order valence-electron chi connectivity index (χ1n) is 16.6. The van der Waals surface area contributed by atoms with Gasteiger partial charge in [-0.15, -0.1) is 0 Å². The molecule has 2 aromatic rings. The number of carbonyl (C=O) groups excluding carboxylic acids is 3. The first-order valence-corrected chi connectivity index (χ1v) is 16.6. The summed E-state index contributed by atoms with van der Waals surface area (Å²) in [5, 5.41) is 23.7. The lowest BCUT2D eigenvalue weighted by atomic mass is 9.91. The van der Waals surface area contributed by atoms with Crippen molar-refractivity contribution < 1.29 is 28.3 Å². The average Bonchev–Trinajstić information content (AvgIpc) is 3.71. The summed E-state index contributed by atoms with van der Waals surface area (Å²) in [6, 6.07) is 4.20. The van der Waals surface area contributed by atoms with Gasteiger partial charge in [0.05, 0.1) is 11.7 Å². The number of hydrogen-bond acceptors (Lipinski definition) is 7. The highest BCUT2D eigenvalue weighted by atomic mass is 19.1. The fraction of sp³-hybridized carbons (Fsp3) is 0.636. The van der Waals surface area contributed by atoms with E-state index in [-0.39, 0.29) is 30.9 Å². The second kappa shape index (κ2) is 15.0. The molecule has 5 rings (SSSR count). The van der Waals surface area contributed by atoms with Gasteiger partial charge in [-0.1, -0.05) is 31.7 Å². The highest BCUT2D eigenvalue weighted by Crippen LogP contribution is 2.40. The molecule has 1 unspecified atom stereocenters. The van der Waals surface area contributed by atoms with Crippen molar-refractivity contribution in [2.75, 3.05) is 38.5 Å². The quantitative estimate of drug-likeness (QED) is 0.262. The molecule has 11 nitrogen and oxygen atoms in total. The molecule has 2 aliphatic carbocycles. The number of piperazine rings is 1. The normalized spacial score (nSPS) is 21.1. The summed E-state index contributed by atoms with van der Waals surface area (Å²) in [6.45, 7) is 4.99. The third-order valence-electron chi connectivity index (χ3n) is 9.62. The van der Waals surface area contributed by atoms with Crippen LogP contribution in [0.4, 0.5) is 14.5 Å². The number of amides is 3. The Kier molecular flexibility index (Phi) is 11.1. The Hall–Kier alpha value is -3.42. The second-order valence-corrected chi connectivity index (χ2v) is 13.0. The molecule has 1 saturated heterocycles. The minimum Gasteiger partial charge on any atom is -0.376 e. The van der Waals surface area contributed by atoms with Gasteiger partial charge in [0.25, 0.3) is 11.8 Å². The number of anilines is 1. The third kappa shape index (κ3) is 8.29. The summed E-state index contributed by atoms with van der Waals surface area (Å²) < 4.78 is 31.7. The van der Waals surface area contributed by atoms with E-state index in [1.54, 1.807) is 16.8 Å². The summed E-state index contributed by atoms with van der Waals surface area (Å²) in [6.07, 6.45) is 6.37. The van der Waals surface area contributed by atoms with E-state index < -0.39 is 47.5 Å². The zero-order chi connectivity index (χ0) is 32.8. The Morgan fingerprint density at radius 1 is 1.04 bits per heavy atom. The van der Waals surface area contributed by atoms with Gasteiger partial charge in [-0.3, -0.25) is 24.0 Å². The molecule has 252 valence electrons. The third-order valence-corrected chi connectivity index (χ3v) is 9.62. The van der Waals surface area contributed by atoms with Gasteiger partial charge in [0, 0.05) is 38.9 Å². The Morgan fingerprint density at radius 2 is 1.74 bits per heavy atom. The fourth-order valence-corrected chi connectivity index (χ4v) is 6.49. The monoisotopic (exact) mass is 643 g/mol. The lowest BCUT2D eigenvalue weighted by Crippen LogP contribution is -2.58. The van der Waals surface area contributed by atoms with E-state index in [1.165, 1.54) is 18.3 Å². The molecule has 3 amide bonds. The average molecular weight is 644 g/mol. The number of benzene rings is 1. The van der Waals surface area contributed by atoms with Crippen molar-refractivity contribution in [1.29, 1.82) is 0 Å². The van der Waals surface area contributed by atoms with E-state index in [0.717, 1.165) is 51.6 Å². The van der Waals surface area contributed by atoms with Crippen molar-refractivity contribution in [2.24, 2.45) is 5.92 Å². The Morgan fingerprint density at radius 3 is 2.37 bits per heavy atom. The number of aryl methyl sites for hydroxylation is 1. The van der Waals surface area contributed by atoms with Gasteiger partial charge in [-0.05, 0) is 75.8 Å². The number of halogens is 2. The van der Waals surface area contributed by atoms with Crippen LogP contribution in [0.3, 0.4) is 0 Å². The zero-order valence-electron chi connectivity index (χ0n) is 26.8. The number of aromatic nitrogens is 2. The molecular weight excluding hydrogens is 596 g/mol. The maximum absolute atomic E-state index is 15.5. The van der Waals surface area contributed by atoms with Crippen molar-refractivity contribution in [3.63, 3.8) is 0 Å². The maximum Gasteiger partial charge on any atom is 0.270 e. The molecule has 3 fully saturated rings. The smallest absolute Gasteiger partial charge is 0.270 e. The van der Waals surface area contributed by atoms with Crippen molar-refractivity contribution in [3.05, 3.63) is 47.5 Å². The van der Waals surface area contributed by atoms with Crippen molar-refractivity contribution in [3.8, 4) is 0 Å². The number of nitrogens with one attached hydrogen (secondary N) is 3. The molecule has 3 atom stereocenters. The van der Waals surface area contributed by atoms with Gasteiger partial charge >= 0.3 is 0 Å². The van der Waals surface area contributed by atoms with Crippen molar-refractivity contribution in [1.82, 2.24) is 30.2 Å². The Labute approximate surface area is 269 Å². The number of nitrogens with zero attached hydrogens (tertiary/aromatic N) is 4. The van der Waals surface area contributed by atoms with E-state index in [4.69, 9.17) is 0 Å². The second-order valence-electron chi connectivity index (χ2n) is 13.0. The van der Waals surface area contributed by atoms with Gasteiger partial charge in [0.15, 0.2) is 5.67 Å². The van der Waals surface area contributed by atoms with Gasteiger partial charge < -0.3 is 26.0 Å². The van der Waals surface area contributed by atoms with Crippen LogP contribution in [0, 0.1) is 11.7 Å². The lowest BCUT2D eigenvalue weighted by molar-refractivity contribution is -0.131. The van der Waals surface area contributed by atoms with Crippen LogP contribution in [0.2, 0.25) is 0 Å². The summed E-state index contributed by atoms with van der Waals surface area (Å²) in [5.41, 5.74) is -1.13.